The van der Waals surface area contributed by atoms with E-state index in [1.54, 1.807) is 23.7 Å². The quantitative estimate of drug-likeness (QED) is 0.729. The Kier molecular flexibility index (Phi) is 2.48. The van der Waals surface area contributed by atoms with Crippen LogP contribution in [-0.4, -0.2) is 14.7 Å². The standard InChI is InChI=1S/C14H10F2N2O/c1-18-12-4-2-3-10(15)13(12)17-14(18)9-6-5-8(19)7-11(9)16/h2-7,19H,1H3. The summed E-state index contributed by atoms with van der Waals surface area (Å²) in [6.07, 6.45) is 0. The van der Waals surface area contributed by atoms with Crippen LogP contribution in [0.25, 0.3) is 22.4 Å². The number of aromatic nitrogens is 2. The van der Waals surface area contributed by atoms with E-state index in [4.69, 9.17) is 0 Å². The average Bonchev–Trinajstić information content (AvgIpc) is 2.69. The lowest BCUT2D eigenvalue weighted by Crippen LogP contribution is -1.94. The summed E-state index contributed by atoms with van der Waals surface area (Å²) in [7, 11) is 1.69. The van der Waals surface area contributed by atoms with Gasteiger partial charge < -0.3 is 9.67 Å². The van der Waals surface area contributed by atoms with Crippen LogP contribution >= 0.6 is 0 Å². The highest BCUT2D eigenvalue weighted by atomic mass is 19.1. The molecule has 0 saturated carbocycles. The molecule has 0 spiro atoms. The summed E-state index contributed by atoms with van der Waals surface area (Å²) >= 11 is 0. The van der Waals surface area contributed by atoms with Crippen molar-refractivity contribution in [3.63, 3.8) is 0 Å². The normalized spacial score (nSPS) is 11.1. The molecule has 3 nitrogen and oxygen atoms in total. The third-order valence-corrected chi connectivity index (χ3v) is 3.06. The average molecular weight is 260 g/mol. The van der Waals surface area contributed by atoms with Crippen LogP contribution in [0.1, 0.15) is 0 Å². The Labute approximate surface area is 107 Å². The second kappa shape index (κ2) is 4.05. The topological polar surface area (TPSA) is 38.0 Å². The van der Waals surface area contributed by atoms with Gasteiger partial charge in [-0.05, 0) is 24.3 Å². The maximum Gasteiger partial charge on any atom is 0.151 e. The number of phenols is 1. The second-order valence-corrected chi connectivity index (χ2v) is 4.27. The molecule has 0 atom stereocenters. The molecule has 3 aromatic rings. The van der Waals surface area contributed by atoms with Gasteiger partial charge in [-0.25, -0.2) is 13.8 Å². The van der Waals surface area contributed by atoms with Crippen molar-refractivity contribution in [2.75, 3.05) is 0 Å². The predicted molar refractivity (Wildman–Crippen MR) is 67.7 cm³/mol. The summed E-state index contributed by atoms with van der Waals surface area (Å²) in [5, 5.41) is 9.21. The minimum Gasteiger partial charge on any atom is -0.508 e. The van der Waals surface area contributed by atoms with Gasteiger partial charge >= 0.3 is 0 Å². The Balaban J connectivity index is 2.31. The first-order valence-electron chi connectivity index (χ1n) is 5.68. The van der Waals surface area contributed by atoms with E-state index < -0.39 is 11.6 Å². The predicted octanol–water partition coefficient (Wildman–Crippen LogP) is 3.22. The number of hydrogen-bond donors (Lipinski definition) is 1. The minimum absolute atomic E-state index is 0.161. The van der Waals surface area contributed by atoms with E-state index in [1.165, 1.54) is 18.2 Å². The molecule has 3 rings (SSSR count). The number of para-hydroxylation sites is 1. The van der Waals surface area contributed by atoms with Gasteiger partial charge in [0, 0.05) is 13.1 Å². The molecule has 0 radical (unpaired) electrons. The van der Waals surface area contributed by atoms with Crippen molar-refractivity contribution >= 4 is 11.0 Å². The van der Waals surface area contributed by atoms with Crippen LogP contribution in [0.4, 0.5) is 8.78 Å². The number of imidazole rings is 1. The first-order chi connectivity index (χ1) is 9.08. The van der Waals surface area contributed by atoms with Crippen LogP contribution < -0.4 is 0 Å². The minimum atomic E-state index is -0.598. The smallest absolute Gasteiger partial charge is 0.151 e. The van der Waals surface area contributed by atoms with E-state index in [0.717, 1.165) is 6.07 Å². The van der Waals surface area contributed by atoms with Crippen molar-refractivity contribution in [1.29, 1.82) is 0 Å². The number of aromatic hydroxyl groups is 1. The fourth-order valence-corrected chi connectivity index (χ4v) is 2.11. The van der Waals surface area contributed by atoms with Crippen molar-refractivity contribution in [1.82, 2.24) is 9.55 Å². The van der Waals surface area contributed by atoms with Crippen LogP contribution in [0.2, 0.25) is 0 Å². The Morgan fingerprint density at radius 3 is 2.58 bits per heavy atom. The Bertz CT molecular complexity index is 780. The Morgan fingerprint density at radius 2 is 1.89 bits per heavy atom. The number of halogens is 2. The zero-order valence-corrected chi connectivity index (χ0v) is 10.1. The van der Waals surface area contributed by atoms with Gasteiger partial charge in [0.15, 0.2) is 5.82 Å². The summed E-state index contributed by atoms with van der Waals surface area (Å²) in [6.45, 7) is 0. The molecular weight excluding hydrogens is 250 g/mol. The maximum absolute atomic E-state index is 13.8. The first-order valence-corrected chi connectivity index (χ1v) is 5.68. The first kappa shape index (κ1) is 11.6. The van der Waals surface area contributed by atoms with Gasteiger partial charge in [-0.1, -0.05) is 6.07 Å². The highest BCUT2D eigenvalue weighted by molar-refractivity contribution is 5.81. The Morgan fingerprint density at radius 1 is 1.11 bits per heavy atom. The molecule has 0 aliphatic rings. The Hall–Kier alpha value is -2.43. The molecule has 2 aromatic carbocycles. The molecular formula is C14H10F2N2O. The largest absolute Gasteiger partial charge is 0.508 e. The molecule has 0 amide bonds. The molecule has 1 N–H and O–H groups in total. The number of hydrogen-bond acceptors (Lipinski definition) is 2. The lowest BCUT2D eigenvalue weighted by molar-refractivity contribution is 0.469. The summed E-state index contributed by atoms with van der Waals surface area (Å²) in [5.74, 6) is -0.888. The van der Waals surface area contributed by atoms with Crippen LogP contribution in [0.5, 0.6) is 5.75 Å². The van der Waals surface area contributed by atoms with Crippen LogP contribution in [0, 0.1) is 11.6 Å². The van der Waals surface area contributed by atoms with Gasteiger partial charge in [-0.3, -0.25) is 0 Å². The summed E-state index contributed by atoms with van der Waals surface area (Å²) < 4.78 is 29.1. The number of benzene rings is 2. The molecule has 0 bridgehead atoms. The van der Waals surface area contributed by atoms with E-state index in [9.17, 15) is 13.9 Å². The van der Waals surface area contributed by atoms with Gasteiger partial charge in [0.1, 0.15) is 22.9 Å². The summed E-state index contributed by atoms with van der Waals surface area (Å²) in [6, 6.07) is 8.40. The van der Waals surface area contributed by atoms with E-state index in [2.05, 4.69) is 4.98 Å². The van der Waals surface area contributed by atoms with Gasteiger partial charge in [0.05, 0.1) is 11.1 Å². The molecule has 0 unspecified atom stereocenters. The molecule has 0 aliphatic heterocycles. The van der Waals surface area contributed by atoms with Crippen molar-refractivity contribution in [3.8, 4) is 17.1 Å². The molecule has 19 heavy (non-hydrogen) atoms. The zero-order chi connectivity index (χ0) is 13.6. The van der Waals surface area contributed by atoms with E-state index in [0.29, 0.717) is 11.3 Å². The SMILES string of the molecule is Cn1c(-c2ccc(O)cc2F)nc2c(F)cccc21. The highest BCUT2D eigenvalue weighted by Crippen LogP contribution is 2.28. The van der Waals surface area contributed by atoms with E-state index in [-0.39, 0.29) is 16.8 Å². The number of fused-ring (bicyclic) bond motifs is 1. The number of nitrogens with zero attached hydrogens (tertiary/aromatic N) is 2. The van der Waals surface area contributed by atoms with E-state index >= 15 is 0 Å². The van der Waals surface area contributed by atoms with Crippen molar-refractivity contribution in [2.45, 2.75) is 0 Å². The third-order valence-electron chi connectivity index (χ3n) is 3.06. The second-order valence-electron chi connectivity index (χ2n) is 4.27. The van der Waals surface area contributed by atoms with Crippen molar-refractivity contribution in [2.24, 2.45) is 7.05 Å². The highest BCUT2D eigenvalue weighted by Gasteiger charge is 2.15. The summed E-state index contributed by atoms with van der Waals surface area (Å²) in [5.41, 5.74) is 1.01. The van der Waals surface area contributed by atoms with Crippen LogP contribution in [0.3, 0.4) is 0 Å². The molecule has 0 fully saturated rings. The number of aryl methyl sites for hydroxylation is 1. The van der Waals surface area contributed by atoms with Gasteiger partial charge in [-0.2, -0.15) is 0 Å². The van der Waals surface area contributed by atoms with Crippen LogP contribution in [-0.2, 0) is 7.05 Å². The third kappa shape index (κ3) is 1.74. The van der Waals surface area contributed by atoms with Gasteiger partial charge in [0.2, 0.25) is 0 Å². The van der Waals surface area contributed by atoms with E-state index in [1.807, 2.05) is 0 Å². The fraction of sp³-hybridized carbons (Fsp3) is 0.0714. The molecule has 5 heteroatoms. The summed E-state index contributed by atoms with van der Waals surface area (Å²) in [4.78, 5) is 4.14. The van der Waals surface area contributed by atoms with Crippen molar-refractivity contribution < 1.29 is 13.9 Å². The lowest BCUT2D eigenvalue weighted by atomic mass is 10.2. The lowest BCUT2D eigenvalue weighted by Gasteiger charge is -2.04. The molecule has 0 saturated heterocycles. The molecule has 0 aliphatic carbocycles. The van der Waals surface area contributed by atoms with Crippen molar-refractivity contribution in [3.05, 3.63) is 48.0 Å². The van der Waals surface area contributed by atoms with Crippen LogP contribution in [0.15, 0.2) is 36.4 Å². The molecule has 1 heterocycles. The number of rotatable bonds is 1. The van der Waals surface area contributed by atoms with Gasteiger partial charge in [0.25, 0.3) is 0 Å². The maximum atomic E-state index is 13.8. The number of phenolic OH excluding ortho intramolecular Hbond substituents is 1. The zero-order valence-electron chi connectivity index (χ0n) is 10.1. The molecule has 1 aromatic heterocycles. The molecule has 96 valence electrons. The monoisotopic (exact) mass is 260 g/mol. The van der Waals surface area contributed by atoms with Gasteiger partial charge in [-0.15, -0.1) is 0 Å². The fourth-order valence-electron chi connectivity index (χ4n) is 2.11.